The van der Waals surface area contributed by atoms with E-state index in [0.717, 1.165) is 6.07 Å². The van der Waals surface area contributed by atoms with Crippen LogP contribution in [0, 0.1) is 10.1 Å². The molecule has 0 saturated heterocycles. The first-order valence-corrected chi connectivity index (χ1v) is 4.66. The molecule has 1 aromatic carbocycles. The Morgan fingerprint density at radius 3 is 2.80 bits per heavy atom. The molecule has 1 N–H and O–H groups in total. The van der Waals surface area contributed by atoms with Gasteiger partial charge in [0.2, 0.25) is 0 Å². The smallest absolute Gasteiger partial charge is 0.288 e. The largest absolute Gasteiger partial charge is 0.352 e. The molecule has 6 heteroatoms. The Hall–Kier alpha value is -1.62. The maximum Gasteiger partial charge on any atom is 0.288 e. The van der Waals surface area contributed by atoms with Gasteiger partial charge in [0.25, 0.3) is 11.6 Å². The van der Waals surface area contributed by atoms with Gasteiger partial charge in [0.15, 0.2) is 0 Å². The molecular weight excluding hydrogens is 220 g/mol. The summed E-state index contributed by atoms with van der Waals surface area (Å²) in [4.78, 5) is 21.3. The molecule has 0 aliphatic heterocycles. The van der Waals surface area contributed by atoms with Crippen LogP contribution in [0.5, 0.6) is 0 Å². The van der Waals surface area contributed by atoms with Gasteiger partial charge in [0, 0.05) is 18.2 Å². The summed E-state index contributed by atoms with van der Waals surface area (Å²) >= 11 is 5.60. The van der Waals surface area contributed by atoms with Crippen LogP contribution in [0.4, 0.5) is 5.69 Å². The third-order valence-corrected chi connectivity index (χ3v) is 2.06. The van der Waals surface area contributed by atoms with Crippen molar-refractivity contribution < 1.29 is 9.72 Å². The average molecular weight is 229 g/mol. The minimum absolute atomic E-state index is 0.0213. The van der Waals surface area contributed by atoms with Crippen molar-refractivity contribution in [2.24, 2.45) is 0 Å². The number of nitrogens with one attached hydrogen (secondary N) is 1. The third kappa shape index (κ3) is 2.66. The van der Waals surface area contributed by atoms with Crippen LogP contribution in [-0.2, 0) is 0 Å². The Kier molecular flexibility index (Phi) is 3.62. The highest BCUT2D eigenvalue weighted by molar-refractivity contribution is 6.32. The summed E-state index contributed by atoms with van der Waals surface area (Å²) in [5, 5.41) is 13.1. The number of benzene rings is 1. The van der Waals surface area contributed by atoms with Gasteiger partial charge in [-0.1, -0.05) is 11.6 Å². The number of amides is 1. The number of halogens is 1. The normalized spacial score (nSPS) is 9.73. The van der Waals surface area contributed by atoms with Crippen LogP contribution in [-0.4, -0.2) is 17.4 Å². The van der Waals surface area contributed by atoms with Crippen molar-refractivity contribution in [2.45, 2.75) is 6.92 Å². The van der Waals surface area contributed by atoms with Crippen molar-refractivity contribution in [1.29, 1.82) is 0 Å². The number of nitro benzene ring substituents is 1. The summed E-state index contributed by atoms with van der Waals surface area (Å²) in [6.07, 6.45) is 0. The van der Waals surface area contributed by atoms with E-state index in [1.807, 2.05) is 0 Å². The molecule has 1 aromatic rings. The van der Waals surface area contributed by atoms with E-state index in [4.69, 9.17) is 11.6 Å². The van der Waals surface area contributed by atoms with Gasteiger partial charge in [-0.3, -0.25) is 14.9 Å². The number of rotatable bonds is 3. The highest BCUT2D eigenvalue weighted by atomic mass is 35.5. The fraction of sp³-hybridized carbons (Fsp3) is 0.222. The van der Waals surface area contributed by atoms with Crippen LogP contribution >= 0.6 is 11.6 Å². The topological polar surface area (TPSA) is 72.2 Å². The van der Waals surface area contributed by atoms with Crippen molar-refractivity contribution in [3.63, 3.8) is 0 Å². The quantitative estimate of drug-likeness (QED) is 0.635. The second kappa shape index (κ2) is 4.75. The van der Waals surface area contributed by atoms with E-state index in [9.17, 15) is 14.9 Å². The first kappa shape index (κ1) is 11.5. The van der Waals surface area contributed by atoms with E-state index in [0.29, 0.717) is 6.54 Å². The van der Waals surface area contributed by atoms with Crippen LogP contribution in [0.3, 0.4) is 0 Å². The Balaban J connectivity index is 3.07. The maximum atomic E-state index is 11.4. The van der Waals surface area contributed by atoms with Gasteiger partial charge in [-0.15, -0.1) is 0 Å². The first-order chi connectivity index (χ1) is 7.06. The Bertz CT molecular complexity index is 406. The summed E-state index contributed by atoms with van der Waals surface area (Å²) in [6.45, 7) is 2.23. The first-order valence-electron chi connectivity index (χ1n) is 4.28. The Morgan fingerprint density at radius 2 is 2.27 bits per heavy atom. The molecule has 0 aromatic heterocycles. The molecule has 1 amide bonds. The van der Waals surface area contributed by atoms with Gasteiger partial charge < -0.3 is 5.32 Å². The summed E-state index contributed by atoms with van der Waals surface area (Å²) in [5.41, 5.74) is -0.0339. The number of carbonyl (C=O) groups is 1. The van der Waals surface area contributed by atoms with Gasteiger partial charge in [0.05, 0.1) is 4.92 Å². The maximum absolute atomic E-state index is 11.4. The average Bonchev–Trinajstić information content (AvgIpc) is 2.18. The van der Waals surface area contributed by atoms with Crippen molar-refractivity contribution >= 4 is 23.2 Å². The molecule has 0 aliphatic carbocycles. The van der Waals surface area contributed by atoms with Crippen molar-refractivity contribution in [3.05, 3.63) is 38.9 Å². The predicted octanol–water partition coefficient (Wildman–Crippen LogP) is 2.00. The lowest BCUT2D eigenvalue weighted by atomic mass is 10.2. The zero-order valence-electron chi connectivity index (χ0n) is 7.99. The number of nitro groups is 1. The van der Waals surface area contributed by atoms with Crippen LogP contribution in [0.2, 0.25) is 5.02 Å². The fourth-order valence-electron chi connectivity index (χ4n) is 1.06. The van der Waals surface area contributed by atoms with Crippen molar-refractivity contribution in [1.82, 2.24) is 5.32 Å². The van der Waals surface area contributed by atoms with Crippen LogP contribution in [0.25, 0.3) is 0 Å². The van der Waals surface area contributed by atoms with E-state index < -0.39 is 4.92 Å². The molecule has 0 unspecified atom stereocenters. The summed E-state index contributed by atoms with van der Waals surface area (Å²) in [5.74, 6) is -0.350. The monoisotopic (exact) mass is 228 g/mol. The molecule has 0 aliphatic rings. The molecule has 5 nitrogen and oxygen atoms in total. The van der Waals surface area contributed by atoms with Crippen LogP contribution < -0.4 is 5.32 Å². The predicted molar refractivity (Wildman–Crippen MR) is 56.1 cm³/mol. The highest BCUT2D eigenvalue weighted by Crippen LogP contribution is 2.24. The van der Waals surface area contributed by atoms with Gasteiger partial charge in [-0.25, -0.2) is 0 Å². The molecule has 0 atom stereocenters. The van der Waals surface area contributed by atoms with E-state index in [1.165, 1.54) is 12.1 Å². The van der Waals surface area contributed by atoms with Crippen LogP contribution in [0.1, 0.15) is 17.3 Å². The molecule has 15 heavy (non-hydrogen) atoms. The van der Waals surface area contributed by atoms with Gasteiger partial charge in [-0.2, -0.15) is 0 Å². The molecule has 0 saturated carbocycles. The number of carbonyl (C=O) groups excluding carboxylic acids is 1. The summed E-state index contributed by atoms with van der Waals surface area (Å²) in [6, 6.07) is 3.94. The van der Waals surface area contributed by atoms with E-state index in [2.05, 4.69) is 5.32 Å². The zero-order chi connectivity index (χ0) is 11.4. The van der Waals surface area contributed by atoms with Gasteiger partial charge in [0.1, 0.15) is 5.02 Å². The number of hydrogen-bond donors (Lipinski definition) is 1. The molecule has 0 spiro atoms. The lowest BCUT2D eigenvalue weighted by molar-refractivity contribution is -0.384. The Morgan fingerprint density at radius 1 is 1.60 bits per heavy atom. The molecule has 0 fully saturated rings. The van der Waals surface area contributed by atoms with Crippen molar-refractivity contribution in [3.8, 4) is 0 Å². The van der Waals surface area contributed by atoms with E-state index in [-0.39, 0.29) is 22.2 Å². The second-order valence-electron chi connectivity index (χ2n) is 2.78. The standard InChI is InChI=1S/C9H9ClN2O3/c1-2-11-9(13)6-3-4-7(10)8(5-6)12(14)15/h3-5H,2H2,1H3,(H,11,13). The molecule has 80 valence electrons. The van der Waals surface area contributed by atoms with Crippen molar-refractivity contribution in [2.75, 3.05) is 6.54 Å². The summed E-state index contributed by atoms with van der Waals surface area (Å²) < 4.78 is 0. The lowest BCUT2D eigenvalue weighted by Crippen LogP contribution is -2.22. The Labute approximate surface area is 91.2 Å². The van der Waals surface area contributed by atoms with Crippen LogP contribution in [0.15, 0.2) is 18.2 Å². The van der Waals surface area contributed by atoms with E-state index in [1.54, 1.807) is 6.92 Å². The minimum atomic E-state index is -0.620. The number of nitrogens with zero attached hydrogens (tertiary/aromatic N) is 1. The molecule has 0 radical (unpaired) electrons. The molecule has 0 bridgehead atoms. The summed E-state index contributed by atoms with van der Waals surface area (Å²) in [7, 11) is 0. The van der Waals surface area contributed by atoms with Gasteiger partial charge >= 0.3 is 0 Å². The number of hydrogen-bond acceptors (Lipinski definition) is 3. The lowest BCUT2D eigenvalue weighted by Gasteiger charge is -2.02. The third-order valence-electron chi connectivity index (χ3n) is 1.74. The second-order valence-corrected chi connectivity index (χ2v) is 3.19. The van der Waals surface area contributed by atoms with Gasteiger partial charge in [-0.05, 0) is 19.1 Å². The van der Waals surface area contributed by atoms with E-state index >= 15 is 0 Å². The fourth-order valence-corrected chi connectivity index (χ4v) is 1.24. The molecular formula is C9H9ClN2O3. The zero-order valence-corrected chi connectivity index (χ0v) is 8.75. The molecule has 0 heterocycles. The molecule has 1 rings (SSSR count). The SMILES string of the molecule is CCNC(=O)c1ccc(Cl)c([N+](=O)[O-])c1. The minimum Gasteiger partial charge on any atom is -0.352 e. The highest BCUT2D eigenvalue weighted by Gasteiger charge is 2.15.